The summed E-state index contributed by atoms with van der Waals surface area (Å²) < 4.78 is 7.16. The van der Waals surface area contributed by atoms with Gasteiger partial charge in [-0.05, 0) is 31.9 Å². The van der Waals surface area contributed by atoms with E-state index in [9.17, 15) is 4.79 Å². The van der Waals surface area contributed by atoms with Crippen molar-refractivity contribution in [1.82, 2.24) is 19.6 Å². The fourth-order valence-electron chi connectivity index (χ4n) is 3.33. The lowest BCUT2D eigenvalue weighted by Gasteiger charge is -2.33. The molecule has 0 bridgehead atoms. The van der Waals surface area contributed by atoms with Gasteiger partial charge in [0.1, 0.15) is 5.65 Å². The average molecular weight is 357 g/mol. The van der Waals surface area contributed by atoms with Crippen molar-refractivity contribution in [3.05, 3.63) is 36.3 Å². The molecule has 1 fully saturated rings. The highest BCUT2D eigenvalue weighted by molar-refractivity contribution is 5.80. The van der Waals surface area contributed by atoms with Gasteiger partial charge in [0.25, 0.3) is 0 Å². The van der Waals surface area contributed by atoms with Crippen LogP contribution in [-0.4, -0.2) is 59.5 Å². The molecule has 1 saturated heterocycles. The van der Waals surface area contributed by atoms with Gasteiger partial charge in [-0.3, -0.25) is 9.79 Å². The summed E-state index contributed by atoms with van der Waals surface area (Å²) in [6.07, 6.45) is 6.52. The topological polar surface area (TPSA) is 71.2 Å². The maximum atomic E-state index is 11.9. The third kappa shape index (κ3) is 4.33. The number of hydrogen-bond donors (Lipinski definition) is 1. The maximum absolute atomic E-state index is 11.9. The minimum atomic E-state index is -0.0676. The Kier molecular flexibility index (Phi) is 6.09. The number of aliphatic imine (C=N–C) groups is 1. The molecule has 2 aromatic rings. The van der Waals surface area contributed by atoms with Crippen molar-refractivity contribution in [2.75, 3.05) is 33.3 Å². The molecule has 0 aliphatic carbocycles. The number of likely N-dealkylation sites (tertiary alicyclic amines) is 1. The van der Waals surface area contributed by atoms with Crippen LogP contribution in [0.5, 0.6) is 0 Å². The number of fused-ring (bicyclic) bond motifs is 1. The van der Waals surface area contributed by atoms with Gasteiger partial charge in [0.15, 0.2) is 5.96 Å². The van der Waals surface area contributed by atoms with Gasteiger partial charge < -0.3 is 19.4 Å². The van der Waals surface area contributed by atoms with E-state index in [1.807, 2.05) is 35.7 Å². The molecule has 0 aromatic carbocycles. The van der Waals surface area contributed by atoms with Crippen LogP contribution < -0.4 is 5.32 Å². The Morgan fingerprint density at radius 1 is 1.38 bits per heavy atom. The van der Waals surface area contributed by atoms with E-state index in [1.165, 1.54) is 0 Å². The second-order valence-corrected chi connectivity index (χ2v) is 6.44. The number of guanidine groups is 1. The van der Waals surface area contributed by atoms with Gasteiger partial charge in [-0.1, -0.05) is 6.07 Å². The molecule has 0 amide bonds. The Hall–Kier alpha value is -2.57. The van der Waals surface area contributed by atoms with Crippen LogP contribution in [0, 0.1) is 5.92 Å². The van der Waals surface area contributed by atoms with Crippen LogP contribution in [0.2, 0.25) is 0 Å². The predicted molar refractivity (Wildman–Crippen MR) is 101 cm³/mol. The lowest BCUT2D eigenvalue weighted by atomic mass is 9.97. The molecule has 7 heteroatoms. The van der Waals surface area contributed by atoms with Gasteiger partial charge in [0.05, 0.1) is 18.2 Å². The molecule has 7 nitrogen and oxygen atoms in total. The monoisotopic (exact) mass is 357 g/mol. The maximum Gasteiger partial charge on any atom is 0.309 e. The molecule has 1 aliphatic heterocycles. The quantitative estimate of drug-likeness (QED) is 0.501. The number of hydrogen-bond acceptors (Lipinski definition) is 4. The van der Waals surface area contributed by atoms with Gasteiger partial charge in [0.2, 0.25) is 0 Å². The van der Waals surface area contributed by atoms with Gasteiger partial charge in [0, 0.05) is 45.5 Å². The lowest BCUT2D eigenvalue weighted by molar-refractivity contribution is -0.149. The van der Waals surface area contributed by atoms with E-state index < -0.39 is 0 Å². The summed E-state index contributed by atoms with van der Waals surface area (Å²) in [4.78, 5) is 23.1. The van der Waals surface area contributed by atoms with Crippen LogP contribution in [-0.2, 0) is 16.0 Å². The summed E-state index contributed by atoms with van der Waals surface area (Å²) in [5.74, 6) is 0.834. The number of imidazole rings is 1. The summed E-state index contributed by atoms with van der Waals surface area (Å²) >= 11 is 0. The molecule has 0 saturated carbocycles. The number of rotatable bonds is 5. The highest BCUT2D eigenvalue weighted by Gasteiger charge is 2.27. The van der Waals surface area contributed by atoms with Crippen molar-refractivity contribution in [3.8, 4) is 0 Å². The first kappa shape index (κ1) is 18.2. The number of piperidine rings is 1. The molecular weight excluding hydrogens is 330 g/mol. The number of carbonyl (C=O) groups excluding carboxylic acids is 1. The van der Waals surface area contributed by atoms with Crippen LogP contribution in [0.3, 0.4) is 0 Å². The first-order valence-corrected chi connectivity index (χ1v) is 9.26. The Morgan fingerprint density at radius 2 is 2.19 bits per heavy atom. The van der Waals surface area contributed by atoms with Crippen molar-refractivity contribution in [3.63, 3.8) is 0 Å². The van der Waals surface area contributed by atoms with E-state index in [0.29, 0.717) is 6.61 Å². The minimum Gasteiger partial charge on any atom is -0.466 e. The fraction of sp³-hybridized carbons (Fsp3) is 0.526. The SMILES string of the molecule is CCOC(=O)C1CCN(C(=NC)NCCc2cn3ccccc3n2)CC1. The summed E-state index contributed by atoms with van der Waals surface area (Å²) in [5.41, 5.74) is 2.02. The highest BCUT2D eigenvalue weighted by Crippen LogP contribution is 2.18. The second kappa shape index (κ2) is 8.69. The van der Waals surface area contributed by atoms with E-state index in [4.69, 9.17) is 4.74 Å². The highest BCUT2D eigenvalue weighted by atomic mass is 16.5. The molecule has 0 spiro atoms. The van der Waals surface area contributed by atoms with Crippen molar-refractivity contribution in [2.45, 2.75) is 26.2 Å². The molecule has 1 aliphatic rings. The zero-order valence-corrected chi connectivity index (χ0v) is 15.5. The molecule has 0 radical (unpaired) electrons. The summed E-state index contributed by atoms with van der Waals surface area (Å²) in [6, 6.07) is 5.99. The van der Waals surface area contributed by atoms with E-state index in [0.717, 1.165) is 56.2 Å². The van der Waals surface area contributed by atoms with Gasteiger partial charge in [-0.2, -0.15) is 0 Å². The van der Waals surface area contributed by atoms with Crippen LogP contribution >= 0.6 is 0 Å². The number of nitrogens with one attached hydrogen (secondary N) is 1. The Bertz CT molecular complexity index is 729. The number of carbonyl (C=O) groups is 1. The van der Waals surface area contributed by atoms with E-state index in [1.54, 1.807) is 7.05 Å². The second-order valence-electron chi connectivity index (χ2n) is 6.44. The molecule has 1 N–H and O–H groups in total. The Labute approximate surface area is 154 Å². The number of aromatic nitrogens is 2. The number of esters is 1. The van der Waals surface area contributed by atoms with E-state index in [2.05, 4.69) is 26.4 Å². The fourth-order valence-corrected chi connectivity index (χ4v) is 3.33. The van der Waals surface area contributed by atoms with Gasteiger partial charge in [-0.25, -0.2) is 4.98 Å². The lowest BCUT2D eigenvalue weighted by Crippen LogP contribution is -2.47. The molecule has 3 heterocycles. The van der Waals surface area contributed by atoms with Crippen molar-refractivity contribution < 1.29 is 9.53 Å². The predicted octanol–water partition coefficient (Wildman–Crippen LogP) is 1.73. The van der Waals surface area contributed by atoms with Crippen molar-refractivity contribution in [1.29, 1.82) is 0 Å². The average Bonchev–Trinajstić information content (AvgIpc) is 3.08. The Morgan fingerprint density at radius 3 is 2.88 bits per heavy atom. The Balaban J connectivity index is 1.47. The zero-order valence-electron chi connectivity index (χ0n) is 15.5. The molecule has 3 rings (SSSR count). The van der Waals surface area contributed by atoms with E-state index in [-0.39, 0.29) is 11.9 Å². The van der Waals surface area contributed by atoms with Crippen LogP contribution in [0.1, 0.15) is 25.5 Å². The zero-order chi connectivity index (χ0) is 18.4. The van der Waals surface area contributed by atoms with Crippen molar-refractivity contribution in [2.24, 2.45) is 10.9 Å². The third-order valence-electron chi connectivity index (χ3n) is 4.70. The van der Waals surface area contributed by atoms with Gasteiger partial charge >= 0.3 is 5.97 Å². The largest absolute Gasteiger partial charge is 0.466 e. The van der Waals surface area contributed by atoms with Crippen LogP contribution in [0.25, 0.3) is 5.65 Å². The molecule has 26 heavy (non-hydrogen) atoms. The smallest absolute Gasteiger partial charge is 0.309 e. The standard InChI is InChI=1S/C19H27N5O2/c1-3-26-18(25)15-8-12-23(13-9-15)19(20-2)21-10-7-16-14-24-11-5-4-6-17(24)22-16/h4-6,11,14-15H,3,7-10,12-13H2,1-2H3,(H,20,21). The van der Waals surface area contributed by atoms with E-state index >= 15 is 0 Å². The number of pyridine rings is 1. The first-order chi connectivity index (χ1) is 12.7. The molecule has 0 atom stereocenters. The summed E-state index contributed by atoms with van der Waals surface area (Å²) in [6.45, 7) is 4.70. The summed E-state index contributed by atoms with van der Waals surface area (Å²) in [7, 11) is 1.80. The first-order valence-electron chi connectivity index (χ1n) is 9.26. The minimum absolute atomic E-state index is 0.0160. The van der Waals surface area contributed by atoms with Crippen molar-refractivity contribution >= 4 is 17.6 Å². The van der Waals surface area contributed by atoms with Gasteiger partial charge in [-0.15, -0.1) is 0 Å². The molecule has 0 unspecified atom stereocenters. The molecular formula is C19H27N5O2. The normalized spacial score (nSPS) is 16.1. The number of ether oxygens (including phenoxy) is 1. The summed E-state index contributed by atoms with van der Waals surface area (Å²) in [5, 5.41) is 3.41. The number of nitrogens with zero attached hydrogens (tertiary/aromatic N) is 4. The molecule has 2 aromatic heterocycles. The third-order valence-corrected chi connectivity index (χ3v) is 4.70. The van der Waals surface area contributed by atoms with Crippen LogP contribution in [0.15, 0.2) is 35.6 Å². The van der Waals surface area contributed by atoms with Crippen LogP contribution in [0.4, 0.5) is 0 Å². The molecule has 140 valence electrons.